The summed E-state index contributed by atoms with van der Waals surface area (Å²) in [4.78, 5) is 18.7. The van der Waals surface area contributed by atoms with Gasteiger partial charge >= 0.3 is 0 Å². The van der Waals surface area contributed by atoms with Crippen molar-refractivity contribution in [3.63, 3.8) is 0 Å². The van der Waals surface area contributed by atoms with Gasteiger partial charge in [-0.3, -0.25) is 14.6 Å². The van der Waals surface area contributed by atoms with Crippen molar-refractivity contribution in [2.75, 3.05) is 33.3 Å². The van der Waals surface area contributed by atoms with E-state index in [2.05, 4.69) is 47.1 Å². The molecule has 1 aliphatic rings. The Morgan fingerprint density at radius 1 is 1.03 bits per heavy atom. The molecule has 1 fully saturated rings. The van der Waals surface area contributed by atoms with Crippen LogP contribution in [0.5, 0.6) is 5.75 Å². The fourth-order valence-electron chi connectivity index (χ4n) is 4.95. The molecule has 0 spiro atoms. The molecule has 0 saturated carbocycles. The van der Waals surface area contributed by atoms with E-state index in [1.54, 1.807) is 7.11 Å². The summed E-state index contributed by atoms with van der Waals surface area (Å²) in [5.41, 5.74) is 2.11. The van der Waals surface area contributed by atoms with E-state index in [9.17, 15) is 4.79 Å². The molecule has 1 aliphatic heterocycles. The van der Waals surface area contributed by atoms with E-state index in [0.29, 0.717) is 10.8 Å². The minimum absolute atomic E-state index is 0.0807. The third kappa shape index (κ3) is 5.80. The first kappa shape index (κ1) is 24.7. The van der Waals surface area contributed by atoms with Crippen LogP contribution >= 0.6 is 11.6 Å². The fraction of sp³-hybridized carbons (Fsp3) is 0.414. The molecule has 0 bridgehead atoms. The summed E-state index contributed by atoms with van der Waals surface area (Å²) in [6, 6.07) is 20.3. The van der Waals surface area contributed by atoms with Gasteiger partial charge < -0.3 is 4.74 Å². The number of halogens is 1. The van der Waals surface area contributed by atoms with Crippen LogP contribution in [0.2, 0.25) is 5.02 Å². The highest BCUT2D eigenvalue weighted by molar-refractivity contribution is 6.37. The summed E-state index contributed by atoms with van der Waals surface area (Å²) >= 11 is 6.49. The summed E-state index contributed by atoms with van der Waals surface area (Å²) < 4.78 is 5.34. The van der Waals surface area contributed by atoms with Crippen LogP contribution in [-0.2, 0) is 6.54 Å². The molecule has 4 rings (SSSR count). The Labute approximate surface area is 208 Å². The second-order valence-electron chi connectivity index (χ2n) is 9.19. The largest absolute Gasteiger partial charge is 0.495 e. The van der Waals surface area contributed by atoms with Gasteiger partial charge in [-0.25, -0.2) is 0 Å². The third-order valence-electron chi connectivity index (χ3n) is 6.87. The van der Waals surface area contributed by atoms with Gasteiger partial charge in [-0.15, -0.1) is 0 Å². The van der Waals surface area contributed by atoms with Gasteiger partial charge in [-0.2, -0.15) is 0 Å². The number of hydrogen-bond acceptors (Lipinski definition) is 4. The van der Waals surface area contributed by atoms with Gasteiger partial charge in [0.1, 0.15) is 5.75 Å². The number of ether oxygens (including phenoxy) is 1. The van der Waals surface area contributed by atoms with Crippen molar-refractivity contribution in [3.05, 3.63) is 76.8 Å². The predicted octanol–water partition coefficient (Wildman–Crippen LogP) is 6.45. The molecule has 4 nitrogen and oxygen atoms in total. The molecule has 1 heterocycles. The predicted molar refractivity (Wildman–Crippen MR) is 141 cm³/mol. The lowest BCUT2D eigenvalue weighted by atomic mass is 9.95. The highest BCUT2D eigenvalue weighted by Gasteiger charge is 2.28. The standard InChI is InChI=1S/C29H35ClN2O2/c1-3-4-11-26(32-17-8-16-31(18-19-32)21-22-9-6-5-7-10-22)29(33)24-12-14-25-23(20-24)13-15-27(34-2)28(25)30/h5-7,9-10,12-15,20,26H,3-4,8,11,16-19,21H2,1-2H3. The zero-order valence-electron chi connectivity index (χ0n) is 20.3. The van der Waals surface area contributed by atoms with Crippen molar-refractivity contribution in [2.45, 2.75) is 45.2 Å². The zero-order valence-corrected chi connectivity index (χ0v) is 21.1. The number of fused-ring (bicyclic) bond motifs is 1. The maximum atomic E-state index is 13.8. The fourth-order valence-corrected chi connectivity index (χ4v) is 5.27. The van der Waals surface area contributed by atoms with Crippen LogP contribution in [0.15, 0.2) is 60.7 Å². The number of unbranched alkanes of at least 4 members (excludes halogenated alkanes) is 1. The minimum Gasteiger partial charge on any atom is -0.495 e. The molecular formula is C29H35ClN2O2. The normalized spacial score (nSPS) is 16.3. The average Bonchev–Trinajstić information content (AvgIpc) is 3.10. The minimum atomic E-state index is -0.0807. The van der Waals surface area contributed by atoms with E-state index in [4.69, 9.17) is 16.3 Å². The number of rotatable bonds is 9. The molecular weight excluding hydrogens is 444 g/mol. The molecule has 180 valence electrons. The van der Waals surface area contributed by atoms with Crippen molar-refractivity contribution >= 4 is 28.2 Å². The molecule has 34 heavy (non-hydrogen) atoms. The van der Waals surface area contributed by atoms with E-state index in [0.717, 1.165) is 74.7 Å². The molecule has 0 radical (unpaired) electrons. The molecule has 1 saturated heterocycles. The van der Waals surface area contributed by atoms with Crippen LogP contribution in [0.4, 0.5) is 0 Å². The summed E-state index contributed by atoms with van der Waals surface area (Å²) in [7, 11) is 1.62. The smallest absolute Gasteiger partial charge is 0.179 e. The summed E-state index contributed by atoms with van der Waals surface area (Å²) in [6.45, 7) is 7.09. The quantitative estimate of drug-likeness (QED) is 0.331. The van der Waals surface area contributed by atoms with Crippen LogP contribution in [0, 0.1) is 0 Å². The van der Waals surface area contributed by atoms with Crippen LogP contribution < -0.4 is 4.74 Å². The second-order valence-corrected chi connectivity index (χ2v) is 9.57. The van der Waals surface area contributed by atoms with Crippen LogP contribution in [0.25, 0.3) is 10.8 Å². The molecule has 1 atom stereocenters. The number of Topliss-reactive ketones (excluding diaryl/α,β-unsaturated/α-hetero) is 1. The van der Waals surface area contributed by atoms with Gasteiger partial charge in [-0.05, 0) is 42.5 Å². The molecule has 3 aromatic carbocycles. The van der Waals surface area contributed by atoms with Crippen LogP contribution in [0.1, 0.15) is 48.5 Å². The number of methoxy groups -OCH3 is 1. The first-order valence-corrected chi connectivity index (χ1v) is 12.8. The van der Waals surface area contributed by atoms with Crippen molar-refractivity contribution in [3.8, 4) is 5.75 Å². The van der Waals surface area contributed by atoms with E-state index < -0.39 is 0 Å². The molecule has 5 heteroatoms. The van der Waals surface area contributed by atoms with E-state index in [-0.39, 0.29) is 11.8 Å². The van der Waals surface area contributed by atoms with Crippen LogP contribution in [0.3, 0.4) is 0 Å². The Morgan fingerprint density at radius 3 is 2.62 bits per heavy atom. The van der Waals surface area contributed by atoms with Crippen molar-refractivity contribution in [1.29, 1.82) is 0 Å². The highest BCUT2D eigenvalue weighted by atomic mass is 35.5. The highest BCUT2D eigenvalue weighted by Crippen LogP contribution is 2.33. The SMILES string of the molecule is CCCCC(C(=O)c1ccc2c(Cl)c(OC)ccc2c1)N1CCCN(Cc2ccccc2)CC1. The number of ketones is 1. The maximum absolute atomic E-state index is 13.8. The number of carbonyl (C=O) groups is 1. The summed E-state index contributed by atoms with van der Waals surface area (Å²) in [5, 5.41) is 2.47. The van der Waals surface area contributed by atoms with E-state index in [1.165, 1.54) is 5.56 Å². The summed E-state index contributed by atoms with van der Waals surface area (Å²) in [6.07, 6.45) is 4.12. The Balaban J connectivity index is 1.51. The lowest BCUT2D eigenvalue weighted by Crippen LogP contribution is -2.43. The monoisotopic (exact) mass is 478 g/mol. The molecule has 3 aromatic rings. The number of carbonyl (C=O) groups excluding carboxylic acids is 1. The van der Waals surface area contributed by atoms with Crippen molar-refractivity contribution in [2.24, 2.45) is 0 Å². The Kier molecular flexibility index (Phi) is 8.60. The molecule has 1 unspecified atom stereocenters. The van der Waals surface area contributed by atoms with Crippen LogP contribution in [-0.4, -0.2) is 54.9 Å². The number of nitrogens with zero attached hydrogens (tertiary/aromatic N) is 2. The van der Waals surface area contributed by atoms with Gasteiger partial charge in [0, 0.05) is 37.1 Å². The van der Waals surface area contributed by atoms with Gasteiger partial charge in [0.05, 0.1) is 18.2 Å². The van der Waals surface area contributed by atoms with Gasteiger partial charge in [0.25, 0.3) is 0 Å². The summed E-state index contributed by atoms with van der Waals surface area (Å²) in [5.74, 6) is 0.873. The molecule has 0 amide bonds. The first-order valence-electron chi connectivity index (χ1n) is 12.4. The average molecular weight is 479 g/mol. The lowest BCUT2D eigenvalue weighted by molar-refractivity contribution is 0.0805. The third-order valence-corrected chi connectivity index (χ3v) is 7.26. The van der Waals surface area contributed by atoms with E-state index >= 15 is 0 Å². The Morgan fingerprint density at radius 2 is 1.85 bits per heavy atom. The van der Waals surface area contributed by atoms with Gasteiger partial charge in [-0.1, -0.05) is 79.9 Å². The molecule has 0 aromatic heterocycles. The molecule has 0 N–H and O–H groups in total. The van der Waals surface area contributed by atoms with E-state index in [1.807, 2.05) is 30.3 Å². The van der Waals surface area contributed by atoms with Crippen molar-refractivity contribution in [1.82, 2.24) is 9.80 Å². The first-order chi connectivity index (χ1) is 16.6. The molecule has 0 aliphatic carbocycles. The Bertz CT molecular complexity index is 1100. The van der Waals surface area contributed by atoms with Crippen molar-refractivity contribution < 1.29 is 9.53 Å². The maximum Gasteiger partial charge on any atom is 0.179 e. The van der Waals surface area contributed by atoms with Gasteiger partial charge in [0.2, 0.25) is 0 Å². The number of benzene rings is 3. The Hall–Kier alpha value is -2.40. The van der Waals surface area contributed by atoms with Gasteiger partial charge in [0.15, 0.2) is 5.78 Å². The second kappa shape index (κ2) is 11.8. The topological polar surface area (TPSA) is 32.8 Å². The zero-order chi connectivity index (χ0) is 23.9. The lowest BCUT2D eigenvalue weighted by Gasteiger charge is -2.30. The number of hydrogen-bond donors (Lipinski definition) is 0.